The smallest absolute Gasteiger partial charge is 0.0223 e. The monoisotopic (exact) mass is 306 g/mol. The molecule has 0 bridgehead atoms. The number of halogens is 1. The van der Waals surface area contributed by atoms with E-state index in [0.717, 1.165) is 24.1 Å². The average Bonchev–Trinajstić information content (AvgIpc) is 2.80. The lowest BCUT2D eigenvalue weighted by molar-refractivity contribution is 0.668. The maximum Gasteiger partial charge on any atom is 0.0223 e. The highest BCUT2D eigenvalue weighted by atomic mass is 79.9. The fraction of sp³-hybridized carbons (Fsp3) is 0.333. The Balaban J connectivity index is 1.79. The summed E-state index contributed by atoms with van der Waals surface area (Å²) in [6.45, 7) is 5.14. The van der Waals surface area contributed by atoms with Crippen LogP contribution in [-0.4, -0.2) is 4.57 Å². The number of rotatable bonds is 6. The van der Waals surface area contributed by atoms with Gasteiger partial charge in [0.1, 0.15) is 0 Å². The molecule has 18 heavy (non-hydrogen) atoms. The highest BCUT2D eigenvalue weighted by Gasteiger charge is 1.97. The van der Waals surface area contributed by atoms with Crippen molar-refractivity contribution in [1.29, 1.82) is 0 Å². The van der Waals surface area contributed by atoms with Crippen molar-refractivity contribution in [3.8, 4) is 0 Å². The van der Waals surface area contributed by atoms with Gasteiger partial charge in [-0.3, -0.25) is 0 Å². The maximum absolute atomic E-state index is 3.46. The lowest BCUT2D eigenvalue weighted by Gasteiger charge is -2.04. The summed E-state index contributed by atoms with van der Waals surface area (Å²) in [5, 5.41) is 3.46. The van der Waals surface area contributed by atoms with Crippen molar-refractivity contribution in [2.45, 2.75) is 33.0 Å². The quantitative estimate of drug-likeness (QED) is 0.855. The molecule has 0 aliphatic heterocycles. The molecule has 0 aliphatic rings. The van der Waals surface area contributed by atoms with Gasteiger partial charge in [-0.1, -0.05) is 35.0 Å². The standard InChI is InChI=1S/C15H19BrN2/c1-2-8-18-9-7-14(12-18)11-17-10-13-3-5-15(16)6-4-13/h3-7,9,12,17H,2,8,10-11H2,1H3. The molecule has 0 radical (unpaired) electrons. The minimum Gasteiger partial charge on any atom is -0.354 e. The number of benzene rings is 1. The predicted molar refractivity (Wildman–Crippen MR) is 79.4 cm³/mol. The van der Waals surface area contributed by atoms with E-state index in [1.165, 1.54) is 17.5 Å². The van der Waals surface area contributed by atoms with Gasteiger partial charge in [-0.05, 0) is 35.7 Å². The van der Waals surface area contributed by atoms with Crippen LogP contribution in [0.5, 0.6) is 0 Å². The minimum atomic E-state index is 0.909. The molecule has 3 heteroatoms. The van der Waals surface area contributed by atoms with Crippen LogP contribution in [0.3, 0.4) is 0 Å². The lowest BCUT2D eigenvalue weighted by Crippen LogP contribution is -2.12. The largest absolute Gasteiger partial charge is 0.354 e. The molecule has 1 aromatic heterocycles. The van der Waals surface area contributed by atoms with Crippen molar-refractivity contribution < 1.29 is 0 Å². The molecule has 0 aliphatic carbocycles. The first-order valence-electron chi connectivity index (χ1n) is 6.37. The van der Waals surface area contributed by atoms with E-state index >= 15 is 0 Å². The zero-order valence-corrected chi connectivity index (χ0v) is 12.3. The Morgan fingerprint density at radius 1 is 1.06 bits per heavy atom. The van der Waals surface area contributed by atoms with Gasteiger partial charge in [-0.2, -0.15) is 0 Å². The molecular formula is C15H19BrN2. The molecule has 0 fully saturated rings. The molecule has 2 nitrogen and oxygen atoms in total. The van der Waals surface area contributed by atoms with E-state index in [1.54, 1.807) is 0 Å². The van der Waals surface area contributed by atoms with Gasteiger partial charge in [-0.25, -0.2) is 0 Å². The number of hydrogen-bond donors (Lipinski definition) is 1. The molecule has 0 unspecified atom stereocenters. The number of aryl methyl sites for hydroxylation is 1. The normalized spacial score (nSPS) is 10.8. The van der Waals surface area contributed by atoms with Crippen molar-refractivity contribution in [2.75, 3.05) is 0 Å². The summed E-state index contributed by atoms with van der Waals surface area (Å²) in [6.07, 6.45) is 5.55. The summed E-state index contributed by atoms with van der Waals surface area (Å²) in [7, 11) is 0. The van der Waals surface area contributed by atoms with E-state index in [-0.39, 0.29) is 0 Å². The highest BCUT2D eigenvalue weighted by Crippen LogP contribution is 2.10. The zero-order chi connectivity index (χ0) is 12.8. The van der Waals surface area contributed by atoms with Crippen molar-refractivity contribution in [1.82, 2.24) is 9.88 Å². The van der Waals surface area contributed by atoms with Gasteiger partial charge in [0, 0.05) is 36.5 Å². The lowest BCUT2D eigenvalue weighted by atomic mass is 10.2. The summed E-state index contributed by atoms with van der Waals surface area (Å²) in [5.41, 5.74) is 2.66. The minimum absolute atomic E-state index is 0.909. The second kappa shape index (κ2) is 6.76. The third-order valence-electron chi connectivity index (χ3n) is 2.87. The molecule has 0 amide bonds. The summed E-state index contributed by atoms with van der Waals surface area (Å²) in [5.74, 6) is 0. The molecule has 2 rings (SSSR count). The summed E-state index contributed by atoms with van der Waals surface area (Å²) in [6, 6.07) is 10.6. The Bertz CT molecular complexity index is 473. The Hall–Kier alpha value is -1.06. The molecule has 2 aromatic rings. The van der Waals surface area contributed by atoms with Gasteiger partial charge in [0.05, 0.1) is 0 Å². The fourth-order valence-corrected chi connectivity index (χ4v) is 2.21. The first kappa shape index (κ1) is 13.4. The van der Waals surface area contributed by atoms with E-state index in [9.17, 15) is 0 Å². The van der Waals surface area contributed by atoms with Crippen LogP contribution < -0.4 is 5.32 Å². The van der Waals surface area contributed by atoms with Gasteiger partial charge >= 0.3 is 0 Å². The third kappa shape index (κ3) is 4.00. The molecule has 1 heterocycles. The summed E-state index contributed by atoms with van der Waals surface area (Å²) >= 11 is 3.44. The molecule has 1 aromatic carbocycles. The van der Waals surface area contributed by atoms with Crippen LogP contribution in [0.1, 0.15) is 24.5 Å². The fourth-order valence-electron chi connectivity index (χ4n) is 1.95. The van der Waals surface area contributed by atoms with Crippen LogP contribution >= 0.6 is 15.9 Å². The summed E-state index contributed by atoms with van der Waals surface area (Å²) < 4.78 is 3.37. The van der Waals surface area contributed by atoms with Crippen LogP contribution in [0.4, 0.5) is 0 Å². The predicted octanol–water partition coefficient (Wildman–Crippen LogP) is 3.95. The topological polar surface area (TPSA) is 17.0 Å². The van der Waals surface area contributed by atoms with Crippen molar-refractivity contribution >= 4 is 15.9 Å². The number of nitrogens with one attached hydrogen (secondary N) is 1. The number of aromatic nitrogens is 1. The van der Waals surface area contributed by atoms with Crippen LogP contribution in [0.25, 0.3) is 0 Å². The Kier molecular flexibility index (Phi) is 5.02. The van der Waals surface area contributed by atoms with Crippen LogP contribution in [0.15, 0.2) is 47.2 Å². The molecule has 0 atom stereocenters. The van der Waals surface area contributed by atoms with Gasteiger partial charge in [0.25, 0.3) is 0 Å². The van der Waals surface area contributed by atoms with Crippen molar-refractivity contribution in [2.24, 2.45) is 0 Å². The number of nitrogens with zero attached hydrogens (tertiary/aromatic N) is 1. The maximum atomic E-state index is 3.46. The average molecular weight is 307 g/mol. The Morgan fingerprint density at radius 3 is 2.50 bits per heavy atom. The molecule has 96 valence electrons. The second-order valence-corrected chi connectivity index (χ2v) is 5.40. The zero-order valence-electron chi connectivity index (χ0n) is 10.7. The van der Waals surface area contributed by atoms with Gasteiger partial charge in [-0.15, -0.1) is 0 Å². The Morgan fingerprint density at radius 2 is 1.78 bits per heavy atom. The van der Waals surface area contributed by atoms with Crippen LogP contribution in [-0.2, 0) is 19.6 Å². The molecular weight excluding hydrogens is 288 g/mol. The highest BCUT2D eigenvalue weighted by molar-refractivity contribution is 9.10. The SMILES string of the molecule is CCCn1ccc(CNCc2ccc(Br)cc2)c1. The van der Waals surface area contributed by atoms with E-state index in [4.69, 9.17) is 0 Å². The van der Waals surface area contributed by atoms with E-state index in [1.807, 2.05) is 0 Å². The first-order chi connectivity index (χ1) is 8.78. The second-order valence-electron chi connectivity index (χ2n) is 4.49. The Labute approximate surface area is 117 Å². The van der Waals surface area contributed by atoms with Gasteiger partial charge < -0.3 is 9.88 Å². The van der Waals surface area contributed by atoms with E-state index in [0.29, 0.717) is 0 Å². The van der Waals surface area contributed by atoms with Crippen molar-refractivity contribution in [3.05, 3.63) is 58.3 Å². The molecule has 0 spiro atoms. The molecule has 1 N–H and O–H groups in total. The van der Waals surface area contributed by atoms with Crippen LogP contribution in [0.2, 0.25) is 0 Å². The molecule has 0 saturated heterocycles. The van der Waals surface area contributed by atoms with Gasteiger partial charge in [0.15, 0.2) is 0 Å². The third-order valence-corrected chi connectivity index (χ3v) is 3.39. The van der Waals surface area contributed by atoms with E-state index in [2.05, 4.69) is 75.5 Å². The van der Waals surface area contributed by atoms with E-state index < -0.39 is 0 Å². The number of hydrogen-bond acceptors (Lipinski definition) is 1. The molecule has 0 saturated carbocycles. The summed E-state index contributed by atoms with van der Waals surface area (Å²) in [4.78, 5) is 0. The first-order valence-corrected chi connectivity index (χ1v) is 7.17. The van der Waals surface area contributed by atoms with Crippen molar-refractivity contribution in [3.63, 3.8) is 0 Å². The van der Waals surface area contributed by atoms with Crippen LogP contribution in [0, 0.1) is 0 Å². The van der Waals surface area contributed by atoms with Gasteiger partial charge in [0.2, 0.25) is 0 Å².